The Kier molecular flexibility index (Phi) is 5.45. The summed E-state index contributed by atoms with van der Waals surface area (Å²) in [5, 5.41) is 0.937. The van der Waals surface area contributed by atoms with E-state index in [2.05, 4.69) is 0 Å². The maximum atomic E-state index is 13.8. The Balaban J connectivity index is 1.67. The van der Waals surface area contributed by atoms with Gasteiger partial charge in [-0.05, 0) is 30.9 Å². The van der Waals surface area contributed by atoms with Gasteiger partial charge in [0, 0.05) is 23.6 Å². The van der Waals surface area contributed by atoms with Crippen molar-refractivity contribution in [3.8, 4) is 0 Å². The predicted octanol–water partition coefficient (Wildman–Crippen LogP) is 6.20. The quantitative estimate of drug-likeness (QED) is 0.546. The number of aromatic nitrogens is 1. The zero-order valence-corrected chi connectivity index (χ0v) is 16.2. The van der Waals surface area contributed by atoms with Gasteiger partial charge in [0.15, 0.2) is 5.78 Å². The van der Waals surface area contributed by atoms with E-state index < -0.39 is 30.2 Å². The maximum Gasteiger partial charge on any atom is 0.392 e. The Morgan fingerprint density at radius 2 is 1.93 bits per heavy atom. The highest BCUT2D eigenvalue weighted by molar-refractivity contribution is 6.37. The number of hydrogen-bond acceptors (Lipinski definition) is 2. The summed E-state index contributed by atoms with van der Waals surface area (Å²) in [6.45, 7) is 1.05. The molecule has 4 rings (SSSR count). The summed E-state index contributed by atoms with van der Waals surface area (Å²) in [4.78, 5) is 13.0. The van der Waals surface area contributed by atoms with Crippen molar-refractivity contribution in [3.05, 3.63) is 35.0 Å². The lowest BCUT2D eigenvalue weighted by molar-refractivity contribution is -0.190. The van der Waals surface area contributed by atoms with E-state index in [-0.39, 0.29) is 11.6 Å². The van der Waals surface area contributed by atoms with Crippen molar-refractivity contribution in [1.29, 1.82) is 0 Å². The van der Waals surface area contributed by atoms with Crippen LogP contribution in [0.25, 0.3) is 10.9 Å². The summed E-state index contributed by atoms with van der Waals surface area (Å²) in [6.07, 6.45) is 0.443. The second kappa shape index (κ2) is 7.71. The van der Waals surface area contributed by atoms with Crippen LogP contribution in [0.1, 0.15) is 54.9 Å². The number of Topliss-reactive ketones (excluding diaryl/α,β-unsaturated/α-hetero) is 1. The van der Waals surface area contributed by atoms with Crippen LogP contribution in [0.4, 0.5) is 13.2 Å². The van der Waals surface area contributed by atoms with E-state index in [1.165, 1.54) is 0 Å². The first kappa shape index (κ1) is 19.8. The molecule has 1 saturated heterocycles. The van der Waals surface area contributed by atoms with Gasteiger partial charge in [0.25, 0.3) is 0 Å². The molecule has 1 atom stereocenters. The molecule has 1 aromatic heterocycles. The molecule has 1 unspecified atom stereocenters. The Bertz CT molecular complexity index is 866. The van der Waals surface area contributed by atoms with Crippen LogP contribution in [0.3, 0.4) is 0 Å². The van der Waals surface area contributed by atoms with Crippen molar-refractivity contribution in [3.63, 3.8) is 0 Å². The molecule has 2 aliphatic rings. The molecule has 2 aromatic rings. The molecule has 0 N–H and O–H groups in total. The molecule has 7 heteroatoms. The lowest BCUT2D eigenvalue weighted by Gasteiger charge is -2.31. The van der Waals surface area contributed by atoms with Gasteiger partial charge in [-0.25, -0.2) is 0 Å². The van der Waals surface area contributed by atoms with E-state index in [1.54, 1.807) is 18.3 Å². The van der Waals surface area contributed by atoms with Crippen molar-refractivity contribution in [1.82, 2.24) is 4.57 Å². The molecule has 0 bridgehead atoms. The fourth-order valence-electron chi connectivity index (χ4n) is 4.56. The van der Waals surface area contributed by atoms with Gasteiger partial charge in [0.2, 0.25) is 0 Å². The number of ketones is 1. The molecular formula is C21H23ClF3NO2. The van der Waals surface area contributed by atoms with Crippen molar-refractivity contribution < 1.29 is 22.7 Å². The number of hydrogen-bond donors (Lipinski definition) is 0. The van der Waals surface area contributed by atoms with Crippen LogP contribution in [0, 0.1) is 11.8 Å². The number of benzene rings is 1. The second-order valence-corrected chi connectivity index (χ2v) is 8.36. The minimum absolute atomic E-state index is 0.0827. The average molecular weight is 414 g/mol. The van der Waals surface area contributed by atoms with E-state index in [0.29, 0.717) is 36.5 Å². The zero-order valence-electron chi connectivity index (χ0n) is 15.5. The van der Waals surface area contributed by atoms with E-state index in [4.69, 9.17) is 16.3 Å². The highest BCUT2D eigenvalue weighted by atomic mass is 35.5. The molecule has 0 amide bonds. The SMILES string of the molecule is O=C(CC(C1CCCCC1)C(F)(F)F)c1cn(C2COC2)c2cccc(Cl)c12. The average Bonchev–Trinajstić information content (AvgIpc) is 2.99. The Morgan fingerprint density at radius 3 is 2.54 bits per heavy atom. The van der Waals surface area contributed by atoms with E-state index in [1.807, 2.05) is 10.6 Å². The molecule has 2 fully saturated rings. The van der Waals surface area contributed by atoms with Gasteiger partial charge in [-0.15, -0.1) is 0 Å². The predicted molar refractivity (Wildman–Crippen MR) is 102 cm³/mol. The molecule has 0 radical (unpaired) electrons. The number of rotatable bonds is 5. The third-order valence-corrected chi connectivity index (χ3v) is 6.48. The maximum absolute atomic E-state index is 13.8. The number of ether oxygens (including phenoxy) is 1. The Labute approximate surface area is 166 Å². The molecule has 1 saturated carbocycles. The summed E-state index contributed by atoms with van der Waals surface area (Å²) in [6, 6.07) is 5.39. The standard InChI is InChI=1S/C21H23ClF3NO2/c22-17-7-4-8-18-20(17)15(10-26(18)14-11-28-12-14)19(27)9-16(21(23,24)25)13-5-2-1-3-6-13/h4,7-8,10,13-14,16H,1-3,5-6,9,11-12H2. The largest absolute Gasteiger partial charge is 0.392 e. The van der Waals surface area contributed by atoms with Gasteiger partial charge in [-0.2, -0.15) is 13.2 Å². The van der Waals surface area contributed by atoms with Gasteiger partial charge in [0.05, 0.1) is 35.7 Å². The summed E-state index contributed by atoms with van der Waals surface area (Å²) in [5.41, 5.74) is 1.06. The fourth-order valence-corrected chi connectivity index (χ4v) is 4.83. The topological polar surface area (TPSA) is 31.2 Å². The summed E-state index contributed by atoms with van der Waals surface area (Å²) in [7, 11) is 0. The van der Waals surface area contributed by atoms with Crippen molar-refractivity contribution in [2.45, 2.75) is 50.7 Å². The molecule has 0 spiro atoms. The highest BCUT2D eigenvalue weighted by Crippen LogP contribution is 2.43. The number of carbonyl (C=O) groups is 1. The first-order valence-electron chi connectivity index (χ1n) is 9.83. The number of carbonyl (C=O) groups excluding carboxylic acids is 1. The third-order valence-electron chi connectivity index (χ3n) is 6.17. The molecule has 1 aliphatic heterocycles. The van der Waals surface area contributed by atoms with Gasteiger partial charge in [0.1, 0.15) is 0 Å². The van der Waals surface area contributed by atoms with Crippen LogP contribution < -0.4 is 0 Å². The molecule has 152 valence electrons. The molecule has 1 aromatic carbocycles. The lowest BCUT2D eigenvalue weighted by atomic mass is 9.77. The van der Waals surface area contributed by atoms with Gasteiger partial charge in [-0.1, -0.05) is 36.9 Å². The normalized spacial score (nSPS) is 20.3. The first-order valence-corrected chi connectivity index (χ1v) is 10.2. The van der Waals surface area contributed by atoms with Crippen molar-refractivity contribution in [2.75, 3.05) is 13.2 Å². The van der Waals surface area contributed by atoms with Gasteiger partial charge in [-0.3, -0.25) is 4.79 Å². The van der Waals surface area contributed by atoms with E-state index in [0.717, 1.165) is 24.8 Å². The smallest absolute Gasteiger partial charge is 0.377 e. The van der Waals surface area contributed by atoms with Crippen LogP contribution in [-0.2, 0) is 4.74 Å². The van der Waals surface area contributed by atoms with E-state index in [9.17, 15) is 18.0 Å². The number of alkyl halides is 3. The molecule has 3 nitrogen and oxygen atoms in total. The Morgan fingerprint density at radius 1 is 1.21 bits per heavy atom. The highest BCUT2D eigenvalue weighted by Gasteiger charge is 2.46. The minimum Gasteiger partial charge on any atom is -0.377 e. The lowest BCUT2D eigenvalue weighted by Crippen LogP contribution is -2.33. The first-order chi connectivity index (χ1) is 13.4. The third kappa shape index (κ3) is 3.69. The molecule has 28 heavy (non-hydrogen) atoms. The molecular weight excluding hydrogens is 391 g/mol. The fraction of sp³-hybridized carbons (Fsp3) is 0.571. The van der Waals surface area contributed by atoms with Gasteiger partial charge < -0.3 is 9.30 Å². The van der Waals surface area contributed by atoms with Gasteiger partial charge >= 0.3 is 6.18 Å². The number of fused-ring (bicyclic) bond motifs is 1. The van der Waals surface area contributed by atoms with Crippen LogP contribution in [0.5, 0.6) is 0 Å². The monoisotopic (exact) mass is 413 g/mol. The minimum atomic E-state index is -4.37. The molecule has 2 heterocycles. The Hall–Kier alpha value is -1.53. The second-order valence-electron chi connectivity index (χ2n) is 7.95. The van der Waals surface area contributed by atoms with Crippen LogP contribution in [0.2, 0.25) is 5.02 Å². The summed E-state index contributed by atoms with van der Waals surface area (Å²) < 4.78 is 48.5. The number of halogens is 4. The van der Waals surface area contributed by atoms with Crippen LogP contribution in [-0.4, -0.2) is 29.7 Å². The summed E-state index contributed by atoms with van der Waals surface area (Å²) >= 11 is 6.34. The van der Waals surface area contributed by atoms with Crippen molar-refractivity contribution in [2.24, 2.45) is 11.8 Å². The van der Waals surface area contributed by atoms with Crippen LogP contribution in [0.15, 0.2) is 24.4 Å². The van der Waals surface area contributed by atoms with E-state index >= 15 is 0 Å². The van der Waals surface area contributed by atoms with Crippen LogP contribution >= 0.6 is 11.6 Å². The van der Waals surface area contributed by atoms with Crippen molar-refractivity contribution >= 4 is 28.3 Å². The summed E-state index contributed by atoms with van der Waals surface area (Å²) in [5.74, 6) is -2.54. The number of nitrogens with zero attached hydrogens (tertiary/aromatic N) is 1. The molecule has 1 aliphatic carbocycles. The zero-order chi connectivity index (χ0) is 19.9.